The Balaban J connectivity index is 2.13. The van der Waals surface area contributed by atoms with Crippen LogP contribution in [0.25, 0.3) is 0 Å². The van der Waals surface area contributed by atoms with Crippen LogP contribution in [0.3, 0.4) is 0 Å². The fourth-order valence-corrected chi connectivity index (χ4v) is 3.14. The lowest BCUT2D eigenvalue weighted by molar-refractivity contribution is 0.163. The summed E-state index contributed by atoms with van der Waals surface area (Å²) >= 11 is 0. The van der Waals surface area contributed by atoms with Crippen molar-refractivity contribution in [3.63, 3.8) is 0 Å². The summed E-state index contributed by atoms with van der Waals surface area (Å²) in [5.74, 6) is 1.18. The summed E-state index contributed by atoms with van der Waals surface area (Å²) in [6.07, 6.45) is 2.58. The highest BCUT2D eigenvalue weighted by atomic mass is 15.4. The SMILES string of the molecule is CCCCN1C[C@@H](C)N(c2nn(C)c(C)c2C)C[C@H]1C. The minimum Gasteiger partial charge on any atom is -0.349 e. The molecule has 0 amide bonds. The molecule has 0 spiro atoms. The standard InChI is InChI=1S/C16H30N4/c1-7-8-9-19-10-13(3)20(11-12(19)2)16-14(4)15(5)18(6)17-16/h12-13H,7-11H2,1-6H3/t12-,13-/m1/s1. The molecule has 0 aromatic carbocycles. The zero-order chi connectivity index (χ0) is 14.9. The Labute approximate surface area is 123 Å². The minimum atomic E-state index is 0.538. The van der Waals surface area contributed by atoms with Crippen molar-refractivity contribution in [1.29, 1.82) is 0 Å². The van der Waals surface area contributed by atoms with E-state index in [1.54, 1.807) is 0 Å². The van der Waals surface area contributed by atoms with E-state index in [-0.39, 0.29) is 0 Å². The molecule has 1 fully saturated rings. The van der Waals surface area contributed by atoms with Crippen LogP contribution in [0, 0.1) is 13.8 Å². The van der Waals surface area contributed by atoms with Crippen molar-refractivity contribution in [3.05, 3.63) is 11.3 Å². The molecule has 114 valence electrons. The quantitative estimate of drug-likeness (QED) is 0.846. The van der Waals surface area contributed by atoms with Crippen LogP contribution in [0.4, 0.5) is 5.82 Å². The van der Waals surface area contributed by atoms with Gasteiger partial charge in [0.05, 0.1) is 0 Å². The normalized spacial score (nSPS) is 24.4. The maximum atomic E-state index is 4.73. The van der Waals surface area contributed by atoms with Crippen molar-refractivity contribution in [3.8, 4) is 0 Å². The lowest BCUT2D eigenvalue weighted by Gasteiger charge is -2.44. The van der Waals surface area contributed by atoms with E-state index in [4.69, 9.17) is 5.10 Å². The Morgan fingerprint density at radius 3 is 2.40 bits per heavy atom. The van der Waals surface area contributed by atoms with Gasteiger partial charge in [-0.2, -0.15) is 5.10 Å². The molecule has 1 saturated heterocycles. The third-order valence-corrected chi connectivity index (χ3v) is 4.79. The van der Waals surface area contributed by atoms with E-state index in [0.717, 1.165) is 13.1 Å². The molecule has 0 unspecified atom stereocenters. The first kappa shape index (κ1) is 15.4. The van der Waals surface area contributed by atoms with E-state index in [1.807, 2.05) is 11.7 Å². The summed E-state index contributed by atoms with van der Waals surface area (Å²) in [4.78, 5) is 5.13. The highest BCUT2D eigenvalue weighted by Gasteiger charge is 2.31. The largest absolute Gasteiger partial charge is 0.349 e. The van der Waals surface area contributed by atoms with Crippen LogP contribution in [0.5, 0.6) is 0 Å². The van der Waals surface area contributed by atoms with Gasteiger partial charge in [-0.15, -0.1) is 0 Å². The predicted octanol–water partition coefficient (Wildman–Crippen LogP) is 2.74. The smallest absolute Gasteiger partial charge is 0.154 e. The summed E-state index contributed by atoms with van der Waals surface area (Å²) in [7, 11) is 2.04. The topological polar surface area (TPSA) is 24.3 Å². The average Bonchev–Trinajstić information content (AvgIpc) is 2.67. The molecule has 0 bridgehead atoms. The van der Waals surface area contributed by atoms with E-state index in [1.165, 1.54) is 36.5 Å². The van der Waals surface area contributed by atoms with Gasteiger partial charge in [0, 0.05) is 43.5 Å². The number of nitrogens with zero attached hydrogens (tertiary/aromatic N) is 4. The summed E-state index contributed by atoms with van der Waals surface area (Å²) < 4.78 is 2.01. The summed E-state index contributed by atoms with van der Waals surface area (Å²) in [6.45, 7) is 14.8. The molecular formula is C16H30N4. The van der Waals surface area contributed by atoms with Gasteiger partial charge in [0.15, 0.2) is 5.82 Å². The molecule has 1 aromatic rings. The van der Waals surface area contributed by atoms with Gasteiger partial charge >= 0.3 is 0 Å². The summed E-state index contributed by atoms with van der Waals surface area (Å²) in [6, 6.07) is 1.15. The number of anilines is 1. The molecule has 1 aliphatic heterocycles. The first-order valence-corrected chi connectivity index (χ1v) is 7.96. The molecule has 0 saturated carbocycles. The molecule has 0 aliphatic carbocycles. The predicted molar refractivity (Wildman–Crippen MR) is 85.4 cm³/mol. The number of rotatable bonds is 4. The number of hydrogen-bond acceptors (Lipinski definition) is 3. The molecule has 4 heteroatoms. The van der Waals surface area contributed by atoms with E-state index in [2.05, 4.69) is 44.4 Å². The van der Waals surface area contributed by atoms with Gasteiger partial charge in [-0.05, 0) is 40.7 Å². The van der Waals surface area contributed by atoms with Crippen LogP contribution < -0.4 is 4.90 Å². The van der Waals surface area contributed by atoms with E-state index in [9.17, 15) is 0 Å². The van der Waals surface area contributed by atoms with Crippen LogP contribution in [0.1, 0.15) is 44.9 Å². The molecule has 2 rings (SSSR count). The third kappa shape index (κ3) is 2.85. The van der Waals surface area contributed by atoms with Crippen molar-refractivity contribution in [2.75, 3.05) is 24.5 Å². The Kier molecular flexibility index (Phi) is 4.74. The number of piperazine rings is 1. The highest BCUT2D eigenvalue weighted by Crippen LogP contribution is 2.27. The van der Waals surface area contributed by atoms with Gasteiger partial charge in [0.25, 0.3) is 0 Å². The highest BCUT2D eigenvalue weighted by molar-refractivity contribution is 5.50. The van der Waals surface area contributed by atoms with Gasteiger partial charge in [0.2, 0.25) is 0 Å². The first-order chi connectivity index (χ1) is 9.45. The number of aryl methyl sites for hydroxylation is 1. The van der Waals surface area contributed by atoms with Crippen molar-refractivity contribution in [1.82, 2.24) is 14.7 Å². The summed E-state index contributed by atoms with van der Waals surface area (Å²) in [5.41, 5.74) is 2.60. The molecule has 0 N–H and O–H groups in total. The van der Waals surface area contributed by atoms with Crippen LogP contribution in [0.2, 0.25) is 0 Å². The van der Waals surface area contributed by atoms with Crippen molar-refractivity contribution in [2.45, 2.75) is 59.5 Å². The lowest BCUT2D eigenvalue weighted by atomic mass is 10.1. The zero-order valence-corrected chi connectivity index (χ0v) is 14.0. The van der Waals surface area contributed by atoms with Gasteiger partial charge in [-0.25, -0.2) is 0 Å². The van der Waals surface area contributed by atoms with E-state index >= 15 is 0 Å². The number of aromatic nitrogens is 2. The zero-order valence-electron chi connectivity index (χ0n) is 14.0. The second-order valence-corrected chi connectivity index (χ2v) is 6.36. The Morgan fingerprint density at radius 1 is 1.15 bits per heavy atom. The molecule has 1 aromatic heterocycles. The molecular weight excluding hydrogens is 248 g/mol. The second-order valence-electron chi connectivity index (χ2n) is 6.36. The van der Waals surface area contributed by atoms with Gasteiger partial charge in [-0.3, -0.25) is 9.58 Å². The van der Waals surface area contributed by atoms with Crippen LogP contribution in [0.15, 0.2) is 0 Å². The van der Waals surface area contributed by atoms with Crippen LogP contribution in [-0.2, 0) is 7.05 Å². The van der Waals surface area contributed by atoms with Crippen LogP contribution in [-0.4, -0.2) is 46.4 Å². The lowest BCUT2D eigenvalue weighted by Crippen LogP contribution is -2.57. The minimum absolute atomic E-state index is 0.538. The molecule has 20 heavy (non-hydrogen) atoms. The average molecular weight is 278 g/mol. The Morgan fingerprint density at radius 2 is 1.85 bits per heavy atom. The summed E-state index contributed by atoms with van der Waals surface area (Å²) in [5, 5.41) is 4.73. The second kappa shape index (κ2) is 6.17. The van der Waals surface area contributed by atoms with Gasteiger partial charge < -0.3 is 4.90 Å². The van der Waals surface area contributed by atoms with Gasteiger partial charge in [-0.1, -0.05) is 13.3 Å². The number of hydrogen-bond donors (Lipinski definition) is 0. The van der Waals surface area contributed by atoms with Crippen molar-refractivity contribution in [2.24, 2.45) is 7.05 Å². The first-order valence-electron chi connectivity index (χ1n) is 7.96. The number of unbranched alkanes of at least 4 members (excludes halogenated alkanes) is 1. The Bertz CT molecular complexity index is 452. The monoisotopic (exact) mass is 278 g/mol. The molecule has 2 atom stereocenters. The molecule has 0 radical (unpaired) electrons. The fraction of sp³-hybridized carbons (Fsp3) is 0.812. The Hall–Kier alpha value is -1.03. The molecule has 2 heterocycles. The maximum Gasteiger partial charge on any atom is 0.154 e. The van der Waals surface area contributed by atoms with Crippen molar-refractivity contribution < 1.29 is 0 Å². The molecule has 1 aliphatic rings. The fourth-order valence-electron chi connectivity index (χ4n) is 3.14. The maximum absolute atomic E-state index is 4.73. The third-order valence-electron chi connectivity index (χ3n) is 4.79. The van der Waals surface area contributed by atoms with Gasteiger partial charge in [0.1, 0.15) is 0 Å². The van der Waals surface area contributed by atoms with Crippen molar-refractivity contribution >= 4 is 5.82 Å². The van der Waals surface area contributed by atoms with E-state index in [0.29, 0.717) is 12.1 Å². The molecule has 4 nitrogen and oxygen atoms in total. The van der Waals surface area contributed by atoms with Crippen LogP contribution >= 0.6 is 0 Å². The van der Waals surface area contributed by atoms with E-state index < -0.39 is 0 Å².